The second-order valence-electron chi connectivity index (χ2n) is 6.56. The van der Waals surface area contributed by atoms with Crippen LogP contribution in [0.2, 0.25) is 0 Å². The molecule has 1 aliphatic rings. The van der Waals surface area contributed by atoms with Crippen LogP contribution in [0.5, 0.6) is 5.75 Å². The normalized spacial score (nSPS) is 15.4. The molecule has 0 spiro atoms. The summed E-state index contributed by atoms with van der Waals surface area (Å²) >= 11 is 0. The lowest BCUT2D eigenvalue weighted by molar-refractivity contribution is -0.125. The Morgan fingerprint density at radius 3 is 3.04 bits per heavy atom. The summed E-state index contributed by atoms with van der Waals surface area (Å²) in [7, 11) is 0. The number of nitrogens with zero attached hydrogens (tertiary/aromatic N) is 1. The number of aromatic amines is 1. The van der Waals surface area contributed by atoms with E-state index in [1.165, 1.54) is 6.39 Å². The molecule has 1 aromatic carbocycles. The van der Waals surface area contributed by atoms with Crippen LogP contribution in [-0.2, 0) is 17.9 Å². The Morgan fingerprint density at radius 1 is 1.42 bits per heavy atom. The highest BCUT2D eigenvalue weighted by molar-refractivity contribution is 5.85. The monoisotopic (exact) mass is 325 g/mol. The SMILES string of the molecule is CC1(C(=O)NCc2cc3ccc(OCc4cocn4)cc3[nH]2)CC1. The number of hydrogen-bond donors (Lipinski definition) is 2. The van der Waals surface area contributed by atoms with Gasteiger partial charge >= 0.3 is 0 Å². The molecular formula is C18H19N3O3. The zero-order chi connectivity index (χ0) is 16.6. The van der Waals surface area contributed by atoms with E-state index in [-0.39, 0.29) is 11.3 Å². The number of fused-ring (bicyclic) bond motifs is 1. The van der Waals surface area contributed by atoms with Crippen LogP contribution in [0, 0.1) is 5.41 Å². The van der Waals surface area contributed by atoms with Gasteiger partial charge in [-0.3, -0.25) is 4.79 Å². The average molecular weight is 325 g/mol. The number of carbonyl (C=O) groups excluding carboxylic acids is 1. The molecule has 0 radical (unpaired) electrons. The van der Waals surface area contributed by atoms with Crippen molar-refractivity contribution in [3.8, 4) is 5.75 Å². The van der Waals surface area contributed by atoms with E-state index in [0.717, 1.165) is 40.9 Å². The summed E-state index contributed by atoms with van der Waals surface area (Å²) in [5.41, 5.74) is 2.57. The summed E-state index contributed by atoms with van der Waals surface area (Å²) in [4.78, 5) is 19.4. The molecule has 2 heterocycles. The van der Waals surface area contributed by atoms with E-state index in [1.807, 2.05) is 31.2 Å². The van der Waals surface area contributed by atoms with E-state index in [9.17, 15) is 4.79 Å². The maximum Gasteiger partial charge on any atom is 0.226 e. The van der Waals surface area contributed by atoms with Crippen molar-refractivity contribution in [3.05, 3.63) is 48.3 Å². The van der Waals surface area contributed by atoms with Gasteiger partial charge in [0.05, 0.1) is 6.54 Å². The first-order valence-electron chi connectivity index (χ1n) is 8.02. The number of H-pyrrole nitrogens is 1. The van der Waals surface area contributed by atoms with E-state index in [1.54, 1.807) is 6.26 Å². The Morgan fingerprint density at radius 2 is 2.29 bits per heavy atom. The third-order valence-electron chi connectivity index (χ3n) is 4.51. The zero-order valence-corrected chi connectivity index (χ0v) is 13.5. The first-order valence-corrected chi connectivity index (χ1v) is 8.02. The van der Waals surface area contributed by atoms with E-state index in [2.05, 4.69) is 15.3 Å². The van der Waals surface area contributed by atoms with Crippen molar-refractivity contribution in [2.24, 2.45) is 5.41 Å². The molecular weight excluding hydrogens is 306 g/mol. The van der Waals surface area contributed by atoms with Gasteiger partial charge in [0.25, 0.3) is 0 Å². The Bertz CT molecular complexity index is 863. The quantitative estimate of drug-likeness (QED) is 0.729. The lowest BCUT2D eigenvalue weighted by atomic mass is 10.1. The Balaban J connectivity index is 1.42. The summed E-state index contributed by atoms with van der Waals surface area (Å²) in [5, 5.41) is 4.09. The Hall–Kier alpha value is -2.76. The predicted octanol–water partition coefficient (Wildman–Crippen LogP) is 3.15. The van der Waals surface area contributed by atoms with Crippen LogP contribution in [0.1, 0.15) is 31.2 Å². The molecule has 0 aliphatic heterocycles. The van der Waals surface area contributed by atoms with Crippen LogP contribution in [-0.4, -0.2) is 15.9 Å². The first kappa shape index (κ1) is 14.8. The fraction of sp³-hybridized carbons (Fsp3) is 0.333. The van der Waals surface area contributed by atoms with Crippen LogP contribution in [0.25, 0.3) is 10.9 Å². The van der Waals surface area contributed by atoms with Crippen LogP contribution >= 0.6 is 0 Å². The molecule has 1 aliphatic carbocycles. The highest BCUT2D eigenvalue weighted by atomic mass is 16.5. The molecule has 24 heavy (non-hydrogen) atoms. The number of rotatable bonds is 6. The number of oxazole rings is 1. The summed E-state index contributed by atoms with van der Waals surface area (Å²) in [6, 6.07) is 7.91. The Kier molecular flexibility index (Phi) is 3.52. The van der Waals surface area contributed by atoms with Crippen LogP contribution in [0.15, 0.2) is 41.3 Å². The topological polar surface area (TPSA) is 80.2 Å². The lowest BCUT2D eigenvalue weighted by Crippen LogP contribution is -2.29. The lowest BCUT2D eigenvalue weighted by Gasteiger charge is -2.08. The second-order valence-corrected chi connectivity index (χ2v) is 6.56. The van der Waals surface area contributed by atoms with Gasteiger partial charge in [-0.25, -0.2) is 4.98 Å². The van der Waals surface area contributed by atoms with Gasteiger partial charge < -0.3 is 19.5 Å². The van der Waals surface area contributed by atoms with Crippen molar-refractivity contribution in [2.45, 2.75) is 32.9 Å². The van der Waals surface area contributed by atoms with Crippen molar-refractivity contribution in [2.75, 3.05) is 0 Å². The van der Waals surface area contributed by atoms with Gasteiger partial charge in [0.2, 0.25) is 5.91 Å². The van der Waals surface area contributed by atoms with Crippen molar-refractivity contribution in [1.82, 2.24) is 15.3 Å². The number of aromatic nitrogens is 2. The predicted molar refractivity (Wildman–Crippen MR) is 88.3 cm³/mol. The molecule has 4 rings (SSSR count). The summed E-state index contributed by atoms with van der Waals surface area (Å²) in [6.07, 6.45) is 4.92. The number of carbonyl (C=O) groups is 1. The molecule has 6 nitrogen and oxygen atoms in total. The Labute approximate surface area is 139 Å². The molecule has 6 heteroatoms. The minimum absolute atomic E-state index is 0.137. The van der Waals surface area contributed by atoms with E-state index >= 15 is 0 Å². The molecule has 1 amide bonds. The van der Waals surface area contributed by atoms with Gasteiger partial charge in [-0.2, -0.15) is 0 Å². The number of benzene rings is 1. The van der Waals surface area contributed by atoms with Gasteiger partial charge in [-0.1, -0.05) is 6.92 Å². The number of nitrogens with one attached hydrogen (secondary N) is 2. The van der Waals surface area contributed by atoms with Crippen LogP contribution < -0.4 is 10.1 Å². The molecule has 0 atom stereocenters. The molecule has 1 saturated carbocycles. The average Bonchev–Trinajstić information content (AvgIpc) is 3.03. The van der Waals surface area contributed by atoms with E-state index in [0.29, 0.717) is 13.2 Å². The summed E-state index contributed by atoms with van der Waals surface area (Å²) in [5.74, 6) is 0.895. The third-order valence-corrected chi connectivity index (χ3v) is 4.51. The van der Waals surface area contributed by atoms with E-state index in [4.69, 9.17) is 9.15 Å². The number of hydrogen-bond acceptors (Lipinski definition) is 4. The smallest absolute Gasteiger partial charge is 0.226 e. The second kappa shape index (κ2) is 5.70. The standard InChI is InChI=1S/C18H19N3O3/c1-18(4-5-18)17(22)19-8-13-6-12-2-3-15(7-16(12)21-13)24-10-14-9-23-11-20-14/h2-3,6-7,9,11,21H,4-5,8,10H2,1H3,(H,19,22). The molecule has 124 valence electrons. The maximum atomic E-state index is 12.0. The maximum absolute atomic E-state index is 12.0. The van der Waals surface area contributed by atoms with Gasteiger partial charge in [-0.05, 0) is 36.4 Å². The molecule has 0 bridgehead atoms. The molecule has 0 saturated heterocycles. The van der Waals surface area contributed by atoms with E-state index < -0.39 is 0 Å². The number of amides is 1. The molecule has 3 aromatic rings. The molecule has 2 N–H and O–H groups in total. The minimum Gasteiger partial charge on any atom is -0.487 e. The molecule has 0 unspecified atom stereocenters. The van der Waals surface area contributed by atoms with Crippen molar-refractivity contribution >= 4 is 16.8 Å². The van der Waals surface area contributed by atoms with Crippen molar-refractivity contribution in [3.63, 3.8) is 0 Å². The first-order chi connectivity index (χ1) is 11.6. The fourth-order valence-electron chi connectivity index (χ4n) is 2.62. The third kappa shape index (κ3) is 2.99. The van der Waals surface area contributed by atoms with Gasteiger partial charge in [0, 0.05) is 22.7 Å². The highest BCUT2D eigenvalue weighted by Gasteiger charge is 2.44. The summed E-state index contributed by atoms with van der Waals surface area (Å²) in [6.45, 7) is 2.88. The zero-order valence-electron chi connectivity index (χ0n) is 13.5. The van der Waals surface area contributed by atoms with Gasteiger partial charge in [0.1, 0.15) is 24.3 Å². The van der Waals surface area contributed by atoms with Gasteiger partial charge in [-0.15, -0.1) is 0 Å². The van der Waals surface area contributed by atoms with Crippen LogP contribution in [0.3, 0.4) is 0 Å². The molecule has 2 aromatic heterocycles. The van der Waals surface area contributed by atoms with Crippen molar-refractivity contribution in [1.29, 1.82) is 0 Å². The highest BCUT2D eigenvalue weighted by Crippen LogP contribution is 2.45. The van der Waals surface area contributed by atoms with Crippen LogP contribution in [0.4, 0.5) is 0 Å². The molecule has 1 fully saturated rings. The summed E-state index contributed by atoms with van der Waals surface area (Å²) < 4.78 is 10.6. The minimum atomic E-state index is -0.145. The number of ether oxygens (including phenoxy) is 1. The van der Waals surface area contributed by atoms with Gasteiger partial charge in [0.15, 0.2) is 6.39 Å². The fourth-order valence-corrected chi connectivity index (χ4v) is 2.62. The largest absolute Gasteiger partial charge is 0.487 e. The van der Waals surface area contributed by atoms with Crippen molar-refractivity contribution < 1.29 is 13.9 Å².